The van der Waals surface area contributed by atoms with Crippen LogP contribution in [0.25, 0.3) is 0 Å². The van der Waals surface area contributed by atoms with Crippen molar-refractivity contribution < 1.29 is 5.11 Å². The first kappa shape index (κ1) is 7.18. The van der Waals surface area contributed by atoms with Crippen molar-refractivity contribution in [3.05, 3.63) is 0 Å². The molecule has 0 radical (unpaired) electrons. The molecule has 44 valence electrons. The molecule has 1 unspecified atom stereocenters. The van der Waals surface area contributed by atoms with E-state index in [2.05, 4.69) is 6.55 Å². The molecule has 1 nitrogen and oxygen atoms in total. The van der Waals surface area contributed by atoms with E-state index in [1.54, 1.807) is 0 Å². The number of hydrogen-bond donors (Lipinski definition) is 1. The summed E-state index contributed by atoms with van der Waals surface area (Å²) in [5.74, 6) is 0. The zero-order valence-electron chi connectivity index (χ0n) is 5.36. The maximum Gasteiger partial charge on any atom is 0.0557 e. The number of hydrogen-bond acceptors (Lipinski definition) is 1. The molecule has 1 N–H and O–H groups in total. The minimum absolute atomic E-state index is 0.203. The van der Waals surface area contributed by atoms with Crippen LogP contribution in [0.4, 0.5) is 0 Å². The SMILES string of the molecule is CCC(C)(O)[SiH2]C. The fourth-order valence-electron chi connectivity index (χ4n) is 0.250. The molecule has 0 rings (SSSR count). The molecule has 0 spiro atoms. The first-order chi connectivity index (χ1) is 3.12. The lowest BCUT2D eigenvalue weighted by molar-refractivity contribution is 0.141. The Morgan fingerprint density at radius 2 is 2.14 bits per heavy atom. The summed E-state index contributed by atoms with van der Waals surface area (Å²) in [6.45, 7) is 6.07. The summed E-state index contributed by atoms with van der Waals surface area (Å²) in [5.41, 5.74) is 0. The predicted octanol–water partition coefficient (Wildman–Crippen LogP) is 0.322. The maximum atomic E-state index is 9.19. The van der Waals surface area contributed by atoms with E-state index in [-0.39, 0.29) is 14.7 Å². The van der Waals surface area contributed by atoms with E-state index >= 15 is 0 Å². The summed E-state index contributed by atoms with van der Waals surface area (Å²) >= 11 is 0. The highest BCUT2D eigenvalue weighted by Crippen LogP contribution is 2.03. The van der Waals surface area contributed by atoms with Gasteiger partial charge in [0.25, 0.3) is 0 Å². The van der Waals surface area contributed by atoms with E-state index in [1.807, 2.05) is 13.8 Å². The fraction of sp³-hybridized carbons (Fsp3) is 1.00. The molecule has 0 aliphatic heterocycles. The van der Waals surface area contributed by atoms with E-state index in [9.17, 15) is 5.11 Å². The lowest BCUT2D eigenvalue weighted by atomic mass is 10.3. The predicted molar refractivity (Wildman–Crippen MR) is 35.3 cm³/mol. The Labute approximate surface area is 47.6 Å². The van der Waals surface area contributed by atoms with Crippen molar-refractivity contribution in [3.8, 4) is 0 Å². The van der Waals surface area contributed by atoms with Gasteiger partial charge in [0, 0.05) is 5.22 Å². The normalized spacial score (nSPS) is 20.6. The average molecular weight is 118 g/mol. The first-order valence-electron chi connectivity index (χ1n) is 2.84. The quantitative estimate of drug-likeness (QED) is 0.518. The largest absolute Gasteiger partial charge is 0.394 e. The molecule has 2 heteroatoms. The van der Waals surface area contributed by atoms with Gasteiger partial charge in [-0.05, 0) is 13.3 Å². The van der Waals surface area contributed by atoms with Gasteiger partial charge < -0.3 is 5.11 Å². The second-order valence-electron chi connectivity index (χ2n) is 2.20. The highest BCUT2D eigenvalue weighted by atomic mass is 28.2. The lowest BCUT2D eigenvalue weighted by Crippen LogP contribution is -2.28. The van der Waals surface area contributed by atoms with Gasteiger partial charge in [-0.2, -0.15) is 0 Å². The molecular formula is C5H14OSi. The third-order valence-electron chi connectivity index (χ3n) is 1.52. The Bertz CT molecular complexity index is 46.0. The van der Waals surface area contributed by atoms with E-state index in [0.717, 1.165) is 6.42 Å². The van der Waals surface area contributed by atoms with Gasteiger partial charge in [-0.1, -0.05) is 13.5 Å². The highest BCUT2D eigenvalue weighted by molar-refractivity contribution is 6.37. The van der Waals surface area contributed by atoms with Crippen LogP contribution in [0.3, 0.4) is 0 Å². The molecule has 0 aromatic carbocycles. The lowest BCUT2D eigenvalue weighted by Gasteiger charge is -2.16. The molecule has 0 aromatic heterocycles. The molecule has 0 saturated heterocycles. The van der Waals surface area contributed by atoms with Crippen LogP contribution < -0.4 is 0 Å². The van der Waals surface area contributed by atoms with Gasteiger partial charge >= 0.3 is 0 Å². The first-order valence-corrected chi connectivity index (χ1v) is 4.97. The van der Waals surface area contributed by atoms with E-state index < -0.39 is 0 Å². The van der Waals surface area contributed by atoms with Crippen molar-refractivity contribution in [1.29, 1.82) is 0 Å². The summed E-state index contributed by atoms with van der Waals surface area (Å²) in [6, 6.07) is 0. The van der Waals surface area contributed by atoms with E-state index in [4.69, 9.17) is 0 Å². The Morgan fingerprint density at radius 3 is 2.14 bits per heavy atom. The van der Waals surface area contributed by atoms with Crippen molar-refractivity contribution >= 4 is 9.52 Å². The summed E-state index contributed by atoms with van der Waals surface area (Å²) < 4.78 is 0. The molecule has 0 fully saturated rings. The third-order valence-corrected chi connectivity index (χ3v) is 3.55. The van der Waals surface area contributed by atoms with Gasteiger partial charge in [0.1, 0.15) is 0 Å². The highest BCUT2D eigenvalue weighted by Gasteiger charge is 2.12. The van der Waals surface area contributed by atoms with Crippen LogP contribution >= 0.6 is 0 Å². The molecule has 0 heterocycles. The molecule has 0 amide bonds. The van der Waals surface area contributed by atoms with Crippen LogP contribution in [0, 0.1) is 0 Å². The summed E-state index contributed by atoms with van der Waals surface area (Å²) in [5, 5.41) is 8.92. The molecule has 7 heavy (non-hydrogen) atoms. The third kappa shape index (κ3) is 2.82. The molecule has 0 aliphatic rings. The van der Waals surface area contributed by atoms with Crippen molar-refractivity contribution in [3.63, 3.8) is 0 Å². The molecular weight excluding hydrogens is 104 g/mol. The van der Waals surface area contributed by atoms with Crippen molar-refractivity contribution in [1.82, 2.24) is 0 Å². The second-order valence-corrected chi connectivity index (χ2v) is 4.43. The van der Waals surface area contributed by atoms with E-state index in [0.29, 0.717) is 0 Å². The monoisotopic (exact) mass is 118 g/mol. The number of rotatable bonds is 2. The van der Waals surface area contributed by atoms with Gasteiger partial charge in [-0.15, -0.1) is 0 Å². The molecule has 0 aliphatic carbocycles. The second kappa shape index (κ2) is 2.48. The molecule has 0 saturated carbocycles. The summed E-state index contributed by atoms with van der Waals surface area (Å²) in [6.07, 6.45) is 0.912. The fourth-order valence-corrected chi connectivity index (χ4v) is 0.750. The van der Waals surface area contributed by atoms with Gasteiger partial charge in [-0.3, -0.25) is 0 Å². The van der Waals surface area contributed by atoms with Crippen molar-refractivity contribution in [2.75, 3.05) is 0 Å². The van der Waals surface area contributed by atoms with Crippen LogP contribution in [0.15, 0.2) is 0 Å². The number of aliphatic hydroxyl groups is 1. The average Bonchev–Trinajstić information content (AvgIpc) is 1.68. The Morgan fingerprint density at radius 1 is 1.71 bits per heavy atom. The van der Waals surface area contributed by atoms with Crippen LogP contribution in [0.1, 0.15) is 20.3 Å². The summed E-state index contributed by atoms with van der Waals surface area (Å²) in [4.78, 5) is 0. The van der Waals surface area contributed by atoms with Crippen LogP contribution in [-0.2, 0) is 0 Å². The van der Waals surface area contributed by atoms with Gasteiger partial charge in [0.15, 0.2) is 0 Å². The molecule has 1 atom stereocenters. The van der Waals surface area contributed by atoms with Gasteiger partial charge in [0.2, 0.25) is 0 Å². The smallest absolute Gasteiger partial charge is 0.0557 e. The van der Waals surface area contributed by atoms with E-state index in [1.165, 1.54) is 0 Å². The van der Waals surface area contributed by atoms with Crippen LogP contribution in [-0.4, -0.2) is 19.9 Å². The van der Waals surface area contributed by atoms with Crippen molar-refractivity contribution in [2.45, 2.75) is 32.0 Å². The van der Waals surface area contributed by atoms with Crippen LogP contribution in [0.5, 0.6) is 0 Å². The van der Waals surface area contributed by atoms with Gasteiger partial charge in [-0.25, -0.2) is 0 Å². The van der Waals surface area contributed by atoms with Gasteiger partial charge in [0.05, 0.1) is 9.52 Å². The maximum absolute atomic E-state index is 9.19. The minimum Gasteiger partial charge on any atom is -0.394 e. The Hall–Kier alpha value is 0.177. The zero-order chi connectivity index (χ0) is 5.91. The standard InChI is InChI=1S/C5H14OSi/c1-4-5(2,6)7-3/h6H,4,7H2,1-3H3. The van der Waals surface area contributed by atoms with Crippen LogP contribution in [0.2, 0.25) is 6.55 Å². The molecule has 0 bridgehead atoms. The molecule has 0 aromatic rings. The Balaban J connectivity index is 3.36. The Kier molecular flexibility index (Phi) is 2.54. The van der Waals surface area contributed by atoms with Crippen molar-refractivity contribution in [2.24, 2.45) is 0 Å². The summed E-state index contributed by atoms with van der Waals surface area (Å²) in [7, 11) is -0.203. The topological polar surface area (TPSA) is 20.2 Å². The minimum atomic E-state index is -0.278. The zero-order valence-corrected chi connectivity index (χ0v) is 6.78.